The number of aryl methyl sites for hydroxylation is 1. The molecule has 0 fully saturated rings. The Morgan fingerprint density at radius 3 is 2.00 bits per heavy atom. The molecular weight excluding hydrogens is 465 g/mol. The molecule has 3 rings (SSSR count). The molecule has 3 aromatic carbocycles. The zero-order chi connectivity index (χ0) is 25.2. The lowest BCUT2D eigenvalue weighted by Gasteiger charge is -2.35. The number of carbonyl (C=O) groups excluding carboxylic acids is 1. The predicted octanol–water partition coefficient (Wildman–Crippen LogP) is 5.01. The van der Waals surface area contributed by atoms with Crippen LogP contribution in [0.25, 0.3) is 0 Å². The van der Waals surface area contributed by atoms with Crippen molar-refractivity contribution < 1.29 is 21.8 Å². The Labute approximate surface area is 207 Å². The standard InChI is InChI=1S/C28H32FNO4S/c1-35(32,33)34-22-20-28(24-9-4-2-5-10-24,25-11-6-3-7-12-25)19-8-21-30-27(31)18-15-23-13-16-26(29)17-14-23/h2-7,9-14,16-17H,8,15,18-22H2,1H3,(H,30,31). The second-order valence-electron chi connectivity index (χ2n) is 8.67. The molecular formula is C28H32FNO4S. The van der Waals surface area contributed by atoms with Gasteiger partial charge in [0.1, 0.15) is 5.82 Å². The molecule has 1 N–H and O–H groups in total. The fourth-order valence-electron chi connectivity index (χ4n) is 4.37. The molecule has 0 heterocycles. The molecule has 186 valence electrons. The molecule has 1 amide bonds. The van der Waals surface area contributed by atoms with Crippen molar-refractivity contribution in [3.8, 4) is 0 Å². The van der Waals surface area contributed by atoms with Crippen LogP contribution in [0.2, 0.25) is 0 Å². The van der Waals surface area contributed by atoms with Gasteiger partial charge >= 0.3 is 0 Å². The monoisotopic (exact) mass is 497 g/mol. The van der Waals surface area contributed by atoms with E-state index < -0.39 is 15.5 Å². The average molecular weight is 498 g/mol. The highest BCUT2D eigenvalue weighted by atomic mass is 32.2. The first-order valence-corrected chi connectivity index (χ1v) is 13.6. The van der Waals surface area contributed by atoms with Gasteiger partial charge in [0.05, 0.1) is 12.9 Å². The van der Waals surface area contributed by atoms with Crippen molar-refractivity contribution in [3.05, 3.63) is 107 Å². The number of amides is 1. The molecule has 35 heavy (non-hydrogen) atoms. The molecule has 7 heteroatoms. The Hall–Kier alpha value is -3.03. The molecule has 0 atom stereocenters. The molecule has 3 aromatic rings. The van der Waals surface area contributed by atoms with Crippen molar-refractivity contribution in [2.24, 2.45) is 0 Å². The van der Waals surface area contributed by atoms with Gasteiger partial charge in [0.2, 0.25) is 5.91 Å². The van der Waals surface area contributed by atoms with Crippen LogP contribution in [0.3, 0.4) is 0 Å². The van der Waals surface area contributed by atoms with Gasteiger partial charge in [-0.05, 0) is 54.5 Å². The van der Waals surface area contributed by atoms with E-state index in [1.807, 2.05) is 36.4 Å². The van der Waals surface area contributed by atoms with Crippen LogP contribution < -0.4 is 5.32 Å². The smallest absolute Gasteiger partial charge is 0.264 e. The number of benzene rings is 3. The number of carbonyl (C=O) groups is 1. The average Bonchev–Trinajstić information content (AvgIpc) is 2.85. The zero-order valence-electron chi connectivity index (χ0n) is 20.0. The molecule has 0 bridgehead atoms. The minimum absolute atomic E-state index is 0.0558. The lowest BCUT2D eigenvalue weighted by Crippen LogP contribution is -2.32. The summed E-state index contributed by atoms with van der Waals surface area (Å²) in [5.74, 6) is -0.347. The number of hydrogen-bond donors (Lipinski definition) is 1. The fourth-order valence-corrected chi connectivity index (χ4v) is 4.75. The Morgan fingerprint density at radius 1 is 0.886 bits per heavy atom. The van der Waals surface area contributed by atoms with E-state index in [9.17, 15) is 17.6 Å². The Balaban J connectivity index is 1.67. The van der Waals surface area contributed by atoms with Gasteiger partial charge in [0.15, 0.2) is 0 Å². The van der Waals surface area contributed by atoms with Crippen molar-refractivity contribution in [2.45, 2.75) is 37.5 Å². The highest BCUT2D eigenvalue weighted by Gasteiger charge is 2.34. The van der Waals surface area contributed by atoms with E-state index in [4.69, 9.17) is 4.18 Å². The minimum Gasteiger partial charge on any atom is -0.356 e. The van der Waals surface area contributed by atoms with Crippen LogP contribution >= 0.6 is 0 Å². The maximum Gasteiger partial charge on any atom is 0.264 e. The first-order chi connectivity index (χ1) is 16.8. The predicted molar refractivity (Wildman–Crippen MR) is 136 cm³/mol. The molecule has 0 aliphatic rings. The molecule has 0 unspecified atom stereocenters. The molecule has 0 aliphatic carbocycles. The topological polar surface area (TPSA) is 72.5 Å². The van der Waals surface area contributed by atoms with E-state index in [0.29, 0.717) is 38.6 Å². The molecule has 5 nitrogen and oxygen atoms in total. The van der Waals surface area contributed by atoms with Gasteiger partial charge in [-0.15, -0.1) is 0 Å². The summed E-state index contributed by atoms with van der Waals surface area (Å²) in [6.45, 7) is 0.559. The van der Waals surface area contributed by atoms with E-state index in [0.717, 1.165) is 22.9 Å². The quantitative estimate of drug-likeness (QED) is 0.266. The van der Waals surface area contributed by atoms with Gasteiger partial charge in [-0.1, -0.05) is 72.8 Å². The van der Waals surface area contributed by atoms with Crippen molar-refractivity contribution in [3.63, 3.8) is 0 Å². The lowest BCUT2D eigenvalue weighted by atomic mass is 9.69. The van der Waals surface area contributed by atoms with Crippen LogP contribution in [0.15, 0.2) is 84.9 Å². The van der Waals surface area contributed by atoms with Crippen LogP contribution in [0, 0.1) is 5.82 Å². The van der Waals surface area contributed by atoms with Crippen LogP contribution in [0.4, 0.5) is 4.39 Å². The minimum atomic E-state index is -3.56. The van der Waals surface area contributed by atoms with E-state index in [2.05, 4.69) is 29.6 Å². The Morgan fingerprint density at radius 2 is 1.46 bits per heavy atom. The largest absolute Gasteiger partial charge is 0.356 e. The van der Waals surface area contributed by atoms with Gasteiger partial charge in [-0.3, -0.25) is 8.98 Å². The fraction of sp³-hybridized carbons (Fsp3) is 0.321. The van der Waals surface area contributed by atoms with Crippen LogP contribution in [-0.4, -0.2) is 33.7 Å². The van der Waals surface area contributed by atoms with Crippen LogP contribution in [-0.2, 0) is 30.9 Å². The van der Waals surface area contributed by atoms with E-state index in [-0.39, 0.29) is 18.3 Å². The van der Waals surface area contributed by atoms with Gasteiger partial charge < -0.3 is 5.32 Å². The Bertz CT molecular complexity index is 1130. The normalized spacial score (nSPS) is 11.8. The summed E-state index contributed by atoms with van der Waals surface area (Å²) in [6.07, 6.45) is 3.81. The summed E-state index contributed by atoms with van der Waals surface area (Å²) in [6, 6.07) is 26.2. The molecule has 0 saturated carbocycles. The summed E-state index contributed by atoms with van der Waals surface area (Å²) >= 11 is 0. The summed E-state index contributed by atoms with van der Waals surface area (Å²) in [7, 11) is -3.56. The lowest BCUT2D eigenvalue weighted by molar-refractivity contribution is -0.121. The maximum absolute atomic E-state index is 13.1. The molecule has 0 aromatic heterocycles. The second kappa shape index (κ2) is 12.6. The number of nitrogens with one attached hydrogen (secondary N) is 1. The summed E-state index contributed by atoms with van der Waals surface area (Å²) < 4.78 is 41.4. The number of hydrogen-bond acceptors (Lipinski definition) is 4. The zero-order valence-corrected chi connectivity index (χ0v) is 20.8. The summed E-state index contributed by atoms with van der Waals surface area (Å²) in [4.78, 5) is 12.4. The van der Waals surface area contributed by atoms with Crippen molar-refractivity contribution in [1.29, 1.82) is 0 Å². The molecule has 0 spiro atoms. The van der Waals surface area contributed by atoms with Gasteiger partial charge in [-0.25, -0.2) is 4.39 Å². The highest BCUT2D eigenvalue weighted by molar-refractivity contribution is 7.85. The molecule has 0 aliphatic heterocycles. The van der Waals surface area contributed by atoms with Crippen LogP contribution in [0.1, 0.15) is 42.4 Å². The number of halogens is 1. The third-order valence-corrected chi connectivity index (χ3v) is 6.73. The van der Waals surface area contributed by atoms with Gasteiger partial charge in [0.25, 0.3) is 10.1 Å². The highest BCUT2D eigenvalue weighted by Crippen LogP contribution is 2.40. The van der Waals surface area contributed by atoms with Crippen molar-refractivity contribution >= 4 is 16.0 Å². The van der Waals surface area contributed by atoms with Gasteiger partial charge in [0, 0.05) is 18.4 Å². The molecule has 0 saturated heterocycles. The number of rotatable bonds is 13. The van der Waals surface area contributed by atoms with Gasteiger partial charge in [-0.2, -0.15) is 8.42 Å². The van der Waals surface area contributed by atoms with E-state index in [1.54, 1.807) is 12.1 Å². The first-order valence-electron chi connectivity index (χ1n) is 11.8. The Kier molecular flexibility index (Phi) is 9.57. The summed E-state index contributed by atoms with van der Waals surface area (Å²) in [5.41, 5.74) is 2.60. The SMILES string of the molecule is CS(=O)(=O)OCCC(CCCNC(=O)CCc1ccc(F)cc1)(c1ccccc1)c1ccccc1. The maximum atomic E-state index is 13.1. The first kappa shape index (κ1) is 26.6. The summed E-state index contributed by atoms with van der Waals surface area (Å²) in [5, 5.41) is 2.98. The third kappa shape index (κ3) is 8.30. The van der Waals surface area contributed by atoms with Crippen LogP contribution in [0.5, 0.6) is 0 Å². The van der Waals surface area contributed by atoms with Crippen molar-refractivity contribution in [1.82, 2.24) is 5.32 Å². The third-order valence-electron chi connectivity index (χ3n) is 6.14. The second-order valence-corrected chi connectivity index (χ2v) is 10.3. The van der Waals surface area contributed by atoms with E-state index in [1.165, 1.54) is 12.1 Å². The van der Waals surface area contributed by atoms with Crippen molar-refractivity contribution in [2.75, 3.05) is 19.4 Å². The molecule has 0 radical (unpaired) electrons. The van der Waals surface area contributed by atoms with E-state index >= 15 is 0 Å².